The zero-order chi connectivity index (χ0) is 18.2. The van der Waals surface area contributed by atoms with Gasteiger partial charge in [0.2, 0.25) is 5.91 Å². The lowest BCUT2D eigenvalue weighted by molar-refractivity contribution is -0.147. The fourth-order valence-electron chi connectivity index (χ4n) is 3.90. The number of carbonyl (C=O) groups excluding carboxylic acids is 1. The molecule has 1 aromatic carbocycles. The van der Waals surface area contributed by atoms with E-state index in [1.165, 1.54) is 0 Å². The minimum absolute atomic E-state index is 0.0187. The minimum Gasteiger partial charge on any atom is -0.488 e. The van der Waals surface area contributed by atoms with Gasteiger partial charge in [0.15, 0.2) is 0 Å². The number of hydrogen-bond acceptors (Lipinski definition) is 3. The molecule has 2 N–H and O–H groups in total. The predicted molar refractivity (Wildman–Crippen MR) is 94.0 cm³/mol. The number of para-hydroxylation sites is 1. The Morgan fingerprint density at radius 1 is 1.16 bits per heavy atom. The van der Waals surface area contributed by atoms with Gasteiger partial charge in [0, 0.05) is 12.1 Å². The maximum Gasteiger partial charge on any atom is 0.307 e. The number of fused-ring (bicyclic) bond motifs is 2. The molecule has 4 unspecified atom stereocenters. The molecule has 0 spiro atoms. The number of carbonyl (C=O) groups is 2. The van der Waals surface area contributed by atoms with Crippen LogP contribution < -0.4 is 10.1 Å². The molecule has 5 nitrogen and oxygen atoms in total. The maximum absolute atomic E-state index is 12.7. The molecule has 0 radical (unpaired) electrons. The third kappa shape index (κ3) is 3.70. The standard InChI is InChI=1S/C20H25NO4/c1-20(2,3)25-15-7-5-4-6-14(15)11-21-18(22)16-12-8-9-13(10-12)17(16)19(23)24/h4-9,12-13,16-17H,10-11H2,1-3H3,(H,21,22)(H,23,24). The molecule has 5 heteroatoms. The molecule has 0 saturated heterocycles. The summed E-state index contributed by atoms with van der Waals surface area (Å²) in [7, 11) is 0. The van der Waals surface area contributed by atoms with Crippen LogP contribution in [0.2, 0.25) is 0 Å². The molecule has 2 aliphatic rings. The topological polar surface area (TPSA) is 75.6 Å². The third-order valence-electron chi connectivity index (χ3n) is 4.89. The first-order chi connectivity index (χ1) is 11.8. The van der Waals surface area contributed by atoms with Gasteiger partial charge in [-0.1, -0.05) is 30.4 Å². The number of ether oxygens (including phenoxy) is 1. The van der Waals surface area contributed by atoms with Crippen molar-refractivity contribution in [3.63, 3.8) is 0 Å². The van der Waals surface area contributed by atoms with Gasteiger partial charge in [-0.25, -0.2) is 0 Å². The number of amides is 1. The smallest absolute Gasteiger partial charge is 0.307 e. The Morgan fingerprint density at radius 3 is 2.44 bits per heavy atom. The molecule has 1 amide bonds. The van der Waals surface area contributed by atoms with E-state index in [0.717, 1.165) is 17.7 Å². The van der Waals surface area contributed by atoms with Crippen LogP contribution in [0.5, 0.6) is 5.75 Å². The first-order valence-corrected chi connectivity index (χ1v) is 8.72. The lowest BCUT2D eigenvalue weighted by atomic mass is 9.82. The molecule has 1 aromatic rings. The number of nitrogens with one attached hydrogen (secondary N) is 1. The Balaban J connectivity index is 1.69. The van der Waals surface area contributed by atoms with Gasteiger partial charge in [0.1, 0.15) is 11.4 Å². The zero-order valence-corrected chi connectivity index (χ0v) is 14.9. The van der Waals surface area contributed by atoms with Crippen LogP contribution in [0, 0.1) is 23.7 Å². The van der Waals surface area contributed by atoms with Gasteiger partial charge in [0.05, 0.1) is 11.8 Å². The average molecular weight is 343 g/mol. The van der Waals surface area contributed by atoms with E-state index in [2.05, 4.69) is 5.32 Å². The van der Waals surface area contributed by atoms with E-state index in [4.69, 9.17) is 4.74 Å². The SMILES string of the molecule is CC(C)(C)Oc1ccccc1CNC(=O)C1C2C=CC(C2)C1C(=O)O. The summed E-state index contributed by atoms with van der Waals surface area (Å²) >= 11 is 0. The van der Waals surface area contributed by atoms with Crippen molar-refractivity contribution >= 4 is 11.9 Å². The molecule has 2 aliphatic carbocycles. The first kappa shape index (κ1) is 17.5. The van der Waals surface area contributed by atoms with Gasteiger partial charge in [0.25, 0.3) is 0 Å². The van der Waals surface area contributed by atoms with Crippen LogP contribution in [0.4, 0.5) is 0 Å². The maximum atomic E-state index is 12.7. The van der Waals surface area contributed by atoms with Crippen molar-refractivity contribution in [2.75, 3.05) is 0 Å². The Morgan fingerprint density at radius 2 is 1.80 bits per heavy atom. The van der Waals surface area contributed by atoms with Crippen molar-refractivity contribution in [1.29, 1.82) is 0 Å². The Labute approximate surface area is 148 Å². The highest BCUT2D eigenvalue weighted by atomic mass is 16.5. The number of carboxylic acids is 1. The van der Waals surface area contributed by atoms with E-state index in [1.807, 2.05) is 57.2 Å². The molecule has 0 heterocycles. The Hall–Kier alpha value is -2.30. The van der Waals surface area contributed by atoms with Crippen molar-refractivity contribution < 1.29 is 19.4 Å². The van der Waals surface area contributed by atoms with Crippen molar-refractivity contribution in [2.45, 2.75) is 39.3 Å². The molecule has 134 valence electrons. The van der Waals surface area contributed by atoms with Crippen LogP contribution >= 0.6 is 0 Å². The van der Waals surface area contributed by atoms with Gasteiger partial charge in [-0.05, 0) is 45.1 Å². The monoisotopic (exact) mass is 343 g/mol. The van der Waals surface area contributed by atoms with Gasteiger partial charge in [-0.15, -0.1) is 0 Å². The van der Waals surface area contributed by atoms with Gasteiger partial charge in [-0.3, -0.25) is 9.59 Å². The molecule has 0 aromatic heterocycles. The summed E-state index contributed by atoms with van der Waals surface area (Å²) < 4.78 is 5.94. The summed E-state index contributed by atoms with van der Waals surface area (Å²) in [6.45, 7) is 6.25. The number of aliphatic carboxylic acids is 1. The fraction of sp³-hybridized carbons (Fsp3) is 0.500. The second kappa shape index (κ2) is 6.54. The van der Waals surface area contributed by atoms with Crippen molar-refractivity contribution in [3.8, 4) is 5.75 Å². The molecule has 1 fully saturated rings. The highest BCUT2D eigenvalue weighted by Gasteiger charge is 2.51. The van der Waals surface area contributed by atoms with Crippen LogP contribution in [0.1, 0.15) is 32.8 Å². The van der Waals surface area contributed by atoms with E-state index >= 15 is 0 Å². The van der Waals surface area contributed by atoms with E-state index in [0.29, 0.717) is 6.54 Å². The normalized spacial score (nSPS) is 27.3. The number of benzene rings is 1. The molecule has 2 bridgehead atoms. The molecule has 25 heavy (non-hydrogen) atoms. The van der Waals surface area contributed by atoms with E-state index in [9.17, 15) is 14.7 Å². The molecule has 1 saturated carbocycles. The molecule has 0 aliphatic heterocycles. The second-order valence-electron chi connectivity index (χ2n) is 7.88. The van der Waals surface area contributed by atoms with Crippen LogP contribution in [-0.2, 0) is 16.1 Å². The summed E-state index contributed by atoms with van der Waals surface area (Å²) in [5.41, 5.74) is 0.556. The van der Waals surface area contributed by atoms with Gasteiger partial charge >= 0.3 is 5.97 Å². The first-order valence-electron chi connectivity index (χ1n) is 8.72. The van der Waals surface area contributed by atoms with Crippen LogP contribution in [0.15, 0.2) is 36.4 Å². The summed E-state index contributed by atoms with van der Waals surface area (Å²) in [6.07, 6.45) is 4.70. The van der Waals surface area contributed by atoms with Crippen LogP contribution in [0.3, 0.4) is 0 Å². The van der Waals surface area contributed by atoms with Crippen LogP contribution in [0.25, 0.3) is 0 Å². The van der Waals surface area contributed by atoms with Crippen LogP contribution in [-0.4, -0.2) is 22.6 Å². The highest BCUT2D eigenvalue weighted by Crippen LogP contribution is 2.48. The van der Waals surface area contributed by atoms with E-state index in [1.54, 1.807) is 0 Å². The van der Waals surface area contributed by atoms with E-state index in [-0.39, 0.29) is 23.3 Å². The molecular weight excluding hydrogens is 318 g/mol. The third-order valence-corrected chi connectivity index (χ3v) is 4.89. The quantitative estimate of drug-likeness (QED) is 0.806. The lowest BCUT2D eigenvalue weighted by Gasteiger charge is -2.25. The summed E-state index contributed by atoms with van der Waals surface area (Å²) in [6, 6.07) is 7.59. The minimum atomic E-state index is -0.881. The Bertz CT molecular complexity index is 704. The van der Waals surface area contributed by atoms with Gasteiger partial charge in [-0.2, -0.15) is 0 Å². The number of hydrogen-bond donors (Lipinski definition) is 2. The second-order valence-corrected chi connectivity index (χ2v) is 7.88. The number of carboxylic acid groups (broad SMARTS) is 1. The predicted octanol–water partition coefficient (Wildman–Crippen LogP) is 3.00. The average Bonchev–Trinajstić information content (AvgIpc) is 3.13. The fourth-order valence-corrected chi connectivity index (χ4v) is 3.90. The lowest BCUT2D eigenvalue weighted by Crippen LogP contribution is -2.40. The summed E-state index contributed by atoms with van der Waals surface area (Å²) in [5.74, 6) is -1.41. The Kier molecular flexibility index (Phi) is 4.58. The molecular formula is C20H25NO4. The molecule has 4 atom stereocenters. The molecule has 3 rings (SSSR count). The summed E-state index contributed by atoms with van der Waals surface area (Å²) in [4.78, 5) is 24.2. The highest BCUT2D eigenvalue weighted by molar-refractivity contribution is 5.86. The van der Waals surface area contributed by atoms with Crippen molar-refractivity contribution in [3.05, 3.63) is 42.0 Å². The van der Waals surface area contributed by atoms with E-state index < -0.39 is 17.8 Å². The van der Waals surface area contributed by atoms with Crippen molar-refractivity contribution in [2.24, 2.45) is 23.7 Å². The zero-order valence-electron chi connectivity index (χ0n) is 14.9. The number of allylic oxidation sites excluding steroid dienone is 2. The number of rotatable bonds is 5. The van der Waals surface area contributed by atoms with Crippen molar-refractivity contribution in [1.82, 2.24) is 5.32 Å². The summed E-state index contributed by atoms with van der Waals surface area (Å²) in [5, 5.41) is 12.4. The largest absolute Gasteiger partial charge is 0.488 e. The van der Waals surface area contributed by atoms with Gasteiger partial charge < -0.3 is 15.2 Å².